The number of hydrogen-bond acceptors (Lipinski definition) is 7. The standard InChI is InChI=1S/C22H30FN3O4S/c1-13(24-14(2)27)10-29-15-4-6-16(7-5-15)30-18-9-8-17-20(19(18)23)31-21(25-17)26-11-22(3,28)12-26/h8-9,13,15-16,28H,4-7,10-12H2,1-3H3,(H,24,27)/t13-,15?,16?/m0/s1. The smallest absolute Gasteiger partial charge is 0.217 e. The molecular weight excluding hydrogens is 421 g/mol. The Balaban J connectivity index is 1.31. The largest absolute Gasteiger partial charge is 0.487 e. The van der Waals surface area contributed by atoms with Crippen molar-refractivity contribution < 1.29 is 23.8 Å². The first-order chi connectivity index (χ1) is 14.7. The van der Waals surface area contributed by atoms with Crippen molar-refractivity contribution >= 4 is 32.6 Å². The van der Waals surface area contributed by atoms with E-state index in [0.717, 1.165) is 30.8 Å². The van der Waals surface area contributed by atoms with Crippen LogP contribution >= 0.6 is 11.3 Å². The topological polar surface area (TPSA) is 83.9 Å². The predicted octanol–water partition coefficient (Wildman–Crippen LogP) is 3.24. The second-order valence-electron chi connectivity index (χ2n) is 9.03. The summed E-state index contributed by atoms with van der Waals surface area (Å²) in [7, 11) is 0. The molecule has 7 nitrogen and oxygen atoms in total. The molecule has 1 aromatic heterocycles. The molecule has 1 saturated carbocycles. The van der Waals surface area contributed by atoms with Crippen LogP contribution in [0.2, 0.25) is 0 Å². The van der Waals surface area contributed by atoms with Gasteiger partial charge in [-0.2, -0.15) is 0 Å². The average molecular weight is 452 g/mol. The number of nitrogens with one attached hydrogen (secondary N) is 1. The fraction of sp³-hybridized carbons (Fsp3) is 0.636. The number of ether oxygens (including phenoxy) is 2. The molecule has 2 fully saturated rings. The number of thiazole rings is 1. The number of carbonyl (C=O) groups is 1. The maximum absolute atomic E-state index is 15.1. The van der Waals surface area contributed by atoms with Crippen LogP contribution < -0.4 is 15.0 Å². The van der Waals surface area contributed by atoms with Gasteiger partial charge in [-0.15, -0.1) is 0 Å². The number of rotatable bonds is 7. The number of benzene rings is 1. The Kier molecular flexibility index (Phi) is 6.37. The van der Waals surface area contributed by atoms with Crippen LogP contribution in [-0.4, -0.2) is 59.5 Å². The van der Waals surface area contributed by atoms with Crippen molar-refractivity contribution in [1.82, 2.24) is 10.3 Å². The van der Waals surface area contributed by atoms with Crippen LogP contribution in [0.25, 0.3) is 10.2 Å². The summed E-state index contributed by atoms with van der Waals surface area (Å²) in [5, 5.41) is 13.5. The Labute approximate surface area is 185 Å². The van der Waals surface area contributed by atoms with E-state index in [1.807, 2.05) is 11.8 Å². The van der Waals surface area contributed by atoms with Crippen LogP contribution in [0.3, 0.4) is 0 Å². The third-order valence-electron chi connectivity index (χ3n) is 5.73. The molecule has 2 N–H and O–H groups in total. The molecule has 31 heavy (non-hydrogen) atoms. The highest BCUT2D eigenvalue weighted by Crippen LogP contribution is 2.38. The zero-order valence-electron chi connectivity index (χ0n) is 18.2. The highest BCUT2D eigenvalue weighted by molar-refractivity contribution is 7.22. The van der Waals surface area contributed by atoms with Crippen molar-refractivity contribution in [2.45, 2.75) is 70.3 Å². The molecule has 2 aromatic rings. The molecule has 1 amide bonds. The van der Waals surface area contributed by atoms with Gasteiger partial charge in [0.1, 0.15) is 0 Å². The third kappa shape index (κ3) is 5.27. The molecule has 1 aliphatic carbocycles. The number of nitrogens with zero attached hydrogens (tertiary/aromatic N) is 2. The molecule has 0 unspecified atom stereocenters. The monoisotopic (exact) mass is 451 g/mol. The molecule has 4 rings (SSSR count). The normalized spacial score (nSPS) is 24.0. The van der Waals surface area contributed by atoms with Crippen molar-refractivity contribution in [1.29, 1.82) is 0 Å². The van der Waals surface area contributed by atoms with Gasteiger partial charge in [0.05, 0.1) is 47.7 Å². The minimum Gasteiger partial charge on any atom is -0.487 e. The molecule has 2 heterocycles. The van der Waals surface area contributed by atoms with Crippen LogP contribution in [0.5, 0.6) is 5.75 Å². The summed E-state index contributed by atoms with van der Waals surface area (Å²) < 4.78 is 27.5. The fourth-order valence-corrected chi connectivity index (χ4v) is 5.23. The molecule has 2 aliphatic rings. The minimum absolute atomic E-state index is 0.0148. The number of hydrogen-bond donors (Lipinski definition) is 2. The van der Waals surface area contributed by atoms with E-state index in [0.29, 0.717) is 29.9 Å². The first-order valence-corrected chi connectivity index (χ1v) is 11.6. The van der Waals surface area contributed by atoms with E-state index in [4.69, 9.17) is 9.47 Å². The summed E-state index contributed by atoms with van der Waals surface area (Å²) in [6.07, 6.45) is 3.39. The Morgan fingerprint density at radius 2 is 2.03 bits per heavy atom. The van der Waals surface area contributed by atoms with Crippen LogP contribution in [0, 0.1) is 5.82 Å². The second-order valence-corrected chi connectivity index (χ2v) is 10.0. The molecule has 1 aromatic carbocycles. The van der Waals surface area contributed by atoms with Gasteiger partial charge in [-0.3, -0.25) is 4.79 Å². The molecule has 1 atom stereocenters. The number of halogens is 1. The quantitative estimate of drug-likeness (QED) is 0.673. The van der Waals surface area contributed by atoms with E-state index in [-0.39, 0.29) is 35.7 Å². The number of anilines is 1. The first-order valence-electron chi connectivity index (χ1n) is 10.8. The van der Waals surface area contributed by atoms with Gasteiger partial charge in [-0.1, -0.05) is 11.3 Å². The number of carbonyl (C=O) groups excluding carboxylic acids is 1. The van der Waals surface area contributed by atoms with E-state index in [1.165, 1.54) is 18.3 Å². The third-order valence-corrected chi connectivity index (χ3v) is 6.85. The Morgan fingerprint density at radius 3 is 2.68 bits per heavy atom. The molecule has 0 bridgehead atoms. The Hall–Kier alpha value is -1.97. The maximum atomic E-state index is 15.1. The van der Waals surface area contributed by atoms with Crippen LogP contribution in [-0.2, 0) is 9.53 Å². The molecular formula is C22H30FN3O4S. The van der Waals surface area contributed by atoms with Crippen molar-refractivity contribution in [3.63, 3.8) is 0 Å². The average Bonchev–Trinajstić information content (AvgIpc) is 3.12. The SMILES string of the molecule is CC(=O)N[C@@H](C)COC1CCC(Oc2ccc3nc(N4CC(C)(O)C4)sc3c2F)CC1. The first kappa shape index (κ1) is 22.2. The van der Waals surface area contributed by atoms with Crippen LogP contribution in [0.4, 0.5) is 9.52 Å². The van der Waals surface area contributed by atoms with Gasteiger partial charge in [-0.25, -0.2) is 9.37 Å². The second kappa shape index (κ2) is 8.88. The van der Waals surface area contributed by atoms with Crippen molar-refractivity contribution in [3.8, 4) is 5.75 Å². The number of fused-ring (bicyclic) bond motifs is 1. The Bertz CT molecular complexity index is 934. The van der Waals surface area contributed by atoms with Crippen LogP contribution in [0.1, 0.15) is 46.5 Å². The molecule has 0 spiro atoms. The molecule has 1 aliphatic heterocycles. The number of β-amino-alcohol motifs (C(OH)–C–C–N with tert-alkyl or cyclic N) is 1. The lowest BCUT2D eigenvalue weighted by atomic mass is 9.95. The van der Waals surface area contributed by atoms with E-state index >= 15 is 4.39 Å². The Morgan fingerprint density at radius 1 is 1.35 bits per heavy atom. The van der Waals surface area contributed by atoms with Crippen LogP contribution in [0.15, 0.2) is 12.1 Å². The van der Waals surface area contributed by atoms with E-state index in [9.17, 15) is 9.90 Å². The molecule has 1 saturated heterocycles. The van der Waals surface area contributed by atoms with Gasteiger partial charge in [0.25, 0.3) is 0 Å². The highest BCUT2D eigenvalue weighted by atomic mass is 32.1. The summed E-state index contributed by atoms with van der Waals surface area (Å²) in [5.41, 5.74) is -0.0864. The summed E-state index contributed by atoms with van der Waals surface area (Å²) in [5.74, 6) is -0.157. The van der Waals surface area contributed by atoms with E-state index < -0.39 is 5.60 Å². The lowest BCUT2D eigenvalue weighted by molar-refractivity contribution is -0.120. The van der Waals surface area contributed by atoms with Crippen molar-refractivity contribution in [2.75, 3.05) is 24.6 Å². The van der Waals surface area contributed by atoms with Crippen molar-refractivity contribution in [3.05, 3.63) is 17.9 Å². The number of aliphatic hydroxyl groups is 1. The minimum atomic E-state index is -0.699. The van der Waals surface area contributed by atoms with E-state index in [2.05, 4.69) is 10.3 Å². The zero-order chi connectivity index (χ0) is 22.2. The van der Waals surface area contributed by atoms with Gasteiger partial charge in [0.15, 0.2) is 16.7 Å². The molecule has 9 heteroatoms. The molecule has 170 valence electrons. The number of aromatic nitrogens is 1. The number of amides is 1. The van der Waals surface area contributed by atoms with Gasteiger partial charge < -0.3 is 24.8 Å². The lowest BCUT2D eigenvalue weighted by Crippen LogP contribution is -2.60. The summed E-state index contributed by atoms with van der Waals surface area (Å²) in [6.45, 7) is 6.70. The van der Waals surface area contributed by atoms with E-state index in [1.54, 1.807) is 19.1 Å². The zero-order valence-corrected chi connectivity index (χ0v) is 19.0. The summed E-state index contributed by atoms with van der Waals surface area (Å²) in [4.78, 5) is 17.5. The summed E-state index contributed by atoms with van der Waals surface area (Å²) >= 11 is 1.30. The predicted molar refractivity (Wildman–Crippen MR) is 118 cm³/mol. The van der Waals surface area contributed by atoms with Gasteiger partial charge >= 0.3 is 0 Å². The highest BCUT2D eigenvalue weighted by Gasteiger charge is 2.38. The lowest BCUT2D eigenvalue weighted by Gasteiger charge is -2.43. The fourth-order valence-electron chi connectivity index (χ4n) is 4.23. The maximum Gasteiger partial charge on any atom is 0.217 e. The van der Waals surface area contributed by atoms with Gasteiger partial charge in [0.2, 0.25) is 5.91 Å². The molecule has 0 radical (unpaired) electrons. The summed E-state index contributed by atoms with van der Waals surface area (Å²) in [6, 6.07) is 3.44. The van der Waals surface area contributed by atoms with Gasteiger partial charge in [-0.05, 0) is 51.7 Å². The van der Waals surface area contributed by atoms with Gasteiger partial charge in [0, 0.05) is 13.0 Å². The van der Waals surface area contributed by atoms with Crippen molar-refractivity contribution in [2.24, 2.45) is 0 Å².